The van der Waals surface area contributed by atoms with Gasteiger partial charge in [0, 0.05) is 12.3 Å². The minimum absolute atomic E-state index is 0.132. The number of nitrogens with one attached hydrogen (secondary N) is 1. The molecule has 0 unspecified atom stereocenters. The van der Waals surface area contributed by atoms with Gasteiger partial charge in [0.25, 0.3) is 0 Å². The van der Waals surface area contributed by atoms with Gasteiger partial charge in [-0.1, -0.05) is 49.9 Å². The van der Waals surface area contributed by atoms with Gasteiger partial charge in [-0.25, -0.2) is 0 Å². The molecule has 1 aromatic carbocycles. The van der Waals surface area contributed by atoms with Gasteiger partial charge in [-0.05, 0) is 24.0 Å². The van der Waals surface area contributed by atoms with Crippen molar-refractivity contribution < 1.29 is 9.90 Å². The lowest BCUT2D eigenvalue weighted by atomic mass is 9.98. The highest BCUT2D eigenvalue weighted by molar-refractivity contribution is 5.79. The first-order valence-corrected chi connectivity index (χ1v) is 7.82. The van der Waals surface area contributed by atoms with Crippen molar-refractivity contribution in [3.63, 3.8) is 0 Å². The molecule has 1 amide bonds. The molecule has 1 saturated carbocycles. The molecule has 0 radical (unpaired) electrons. The standard InChI is InChI=1S/C17H23NO2/c19-15-11-13-9-5-6-10-14(13)16(15)18-17(20)12-7-3-1-2-4-8-12/h5-6,9-10,12,15-16,19H,1-4,7-8,11H2,(H,18,20)/t15-,16+/m1/s1. The highest BCUT2D eigenvalue weighted by Crippen LogP contribution is 2.32. The van der Waals surface area contributed by atoms with Crippen molar-refractivity contribution in [1.82, 2.24) is 5.32 Å². The summed E-state index contributed by atoms with van der Waals surface area (Å²) in [5.41, 5.74) is 2.24. The molecule has 3 rings (SSSR count). The third kappa shape index (κ3) is 2.73. The van der Waals surface area contributed by atoms with Crippen LogP contribution >= 0.6 is 0 Å². The number of rotatable bonds is 2. The zero-order valence-corrected chi connectivity index (χ0v) is 11.8. The molecule has 2 aliphatic rings. The molecule has 0 saturated heterocycles. The van der Waals surface area contributed by atoms with E-state index in [0.717, 1.165) is 36.8 Å². The fourth-order valence-corrected chi connectivity index (χ4v) is 3.56. The van der Waals surface area contributed by atoms with Crippen molar-refractivity contribution in [3.05, 3.63) is 35.4 Å². The maximum Gasteiger partial charge on any atom is 0.223 e. The molecule has 0 bridgehead atoms. The number of aliphatic hydroxyl groups is 1. The Morgan fingerprint density at radius 2 is 1.80 bits per heavy atom. The van der Waals surface area contributed by atoms with E-state index in [9.17, 15) is 9.90 Å². The van der Waals surface area contributed by atoms with E-state index in [1.54, 1.807) is 0 Å². The first kappa shape index (κ1) is 13.6. The average molecular weight is 273 g/mol. The van der Waals surface area contributed by atoms with Crippen molar-refractivity contribution in [2.45, 2.75) is 57.1 Å². The summed E-state index contributed by atoms with van der Waals surface area (Å²) in [6, 6.07) is 7.80. The van der Waals surface area contributed by atoms with Gasteiger partial charge in [-0.3, -0.25) is 4.79 Å². The van der Waals surface area contributed by atoms with Crippen LogP contribution in [0.1, 0.15) is 55.7 Å². The van der Waals surface area contributed by atoms with Crippen LogP contribution in [0.2, 0.25) is 0 Å². The van der Waals surface area contributed by atoms with E-state index >= 15 is 0 Å². The number of aliphatic hydroxyl groups excluding tert-OH is 1. The van der Waals surface area contributed by atoms with Crippen molar-refractivity contribution in [2.75, 3.05) is 0 Å². The molecular formula is C17H23NO2. The highest BCUT2D eigenvalue weighted by atomic mass is 16.3. The van der Waals surface area contributed by atoms with Gasteiger partial charge in [0.2, 0.25) is 5.91 Å². The molecule has 2 N–H and O–H groups in total. The molecule has 108 valence electrons. The summed E-state index contributed by atoms with van der Waals surface area (Å²) in [7, 11) is 0. The van der Waals surface area contributed by atoms with E-state index in [-0.39, 0.29) is 17.9 Å². The minimum Gasteiger partial charge on any atom is -0.390 e. The van der Waals surface area contributed by atoms with E-state index < -0.39 is 6.10 Å². The molecule has 2 atom stereocenters. The van der Waals surface area contributed by atoms with Crippen LogP contribution in [0, 0.1) is 5.92 Å². The smallest absolute Gasteiger partial charge is 0.223 e. The largest absolute Gasteiger partial charge is 0.390 e. The van der Waals surface area contributed by atoms with Crippen LogP contribution in [0.4, 0.5) is 0 Å². The van der Waals surface area contributed by atoms with Crippen LogP contribution in [0.5, 0.6) is 0 Å². The van der Waals surface area contributed by atoms with Crippen LogP contribution in [-0.2, 0) is 11.2 Å². The number of hydrogen-bond acceptors (Lipinski definition) is 2. The number of fused-ring (bicyclic) bond motifs is 1. The Morgan fingerprint density at radius 1 is 1.10 bits per heavy atom. The van der Waals surface area contributed by atoms with E-state index in [1.807, 2.05) is 24.3 Å². The third-order valence-electron chi connectivity index (χ3n) is 4.73. The summed E-state index contributed by atoms with van der Waals surface area (Å²) < 4.78 is 0. The fraction of sp³-hybridized carbons (Fsp3) is 0.588. The Labute approximate surface area is 120 Å². The molecular weight excluding hydrogens is 250 g/mol. The molecule has 20 heavy (non-hydrogen) atoms. The average Bonchev–Trinajstić information content (AvgIpc) is 2.66. The molecule has 2 aliphatic carbocycles. The molecule has 3 nitrogen and oxygen atoms in total. The van der Waals surface area contributed by atoms with Crippen molar-refractivity contribution >= 4 is 5.91 Å². The molecule has 0 heterocycles. The summed E-state index contributed by atoms with van der Waals surface area (Å²) >= 11 is 0. The Bertz CT molecular complexity index is 478. The van der Waals surface area contributed by atoms with Crippen LogP contribution < -0.4 is 5.32 Å². The van der Waals surface area contributed by atoms with Crippen LogP contribution in [-0.4, -0.2) is 17.1 Å². The normalized spacial score (nSPS) is 26.9. The summed E-state index contributed by atoms with van der Waals surface area (Å²) in [5, 5.41) is 13.3. The predicted octanol–water partition coefficient (Wildman–Crippen LogP) is 2.73. The summed E-state index contributed by atoms with van der Waals surface area (Å²) in [6.45, 7) is 0. The minimum atomic E-state index is -0.484. The molecule has 0 aromatic heterocycles. The molecule has 3 heteroatoms. The van der Waals surface area contributed by atoms with E-state index in [1.165, 1.54) is 12.8 Å². The quantitative estimate of drug-likeness (QED) is 0.814. The molecule has 0 aliphatic heterocycles. The van der Waals surface area contributed by atoms with Crippen molar-refractivity contribution in [1.29, 1.82) is 0 Å². The van der Waals surface area contributed by atoms with Gasteiger partial charge >= 0.3 is 0 Å². The maximum absolute atomic E-state index is 12.4. The monoisotopic (exact) mass is 273 g/mol. The first-order valence-electron chi connectivity index (χ1n) is 7.82. The van der Waals surface area contributed by atoms with Gasteiger partial charge in [0.05, 0.1) is 12.1 Å². The van der Waals surface area contributed by atoms with E-state index in [4.69, 9.17) is 0 Å². The third-order valence-corrected chi connectivity index (χ3v) is 4.73. The second-order valence-corrected chi connectivity index (χ2v) is 6.15. The van der Waals surface area contributed by atoms with Gasteiger partial charge < -0.3 is 10.4 Å². The van der Waals surface area contributed by atoms with Crippen LogP contribution in [0.25, 0.3) is 0 Å². The molecule has 1 aromatic rings. The lowest BCUT2D eigenvalue weighted by Gasteiger charge is -2.21. The van der Waals surface area contributed by atoms with Gasteiger partial charge in [0.15, 0.2) is 0 Å². The van der Waals surface area contributed by atoms with Crippen LogP contribution in [0.15, 0.2) is 24.3 Å². The Kier molecular flexibility index (Phi) is 4.06. The zero-order chi connectivity index (χ0) is 13.9. The molecule has 0 spiro atoms. The summed E-state index contributed by atoms with van der Waals surface area (Å²) in [5.74, 6) is 0.269. The van der Waals surface area contributed by atoms with Gasteiger partial charge in [0.1, 0.15) is 0 Å². The number of benzene rings is 1. The van der Waals surface area contributed by atoms with E-state index in [0.29, 0.717) is 6.42 Å². The first-order chi connectivity index (χ1) is 9.75. The second-order valence-electron chi connectivity index (χ2n) is 6.15. The van der Waals surface area contributed by atoms with Crippen molar-refractivity contribution in [3.8, 4) is 0 Å². The summed E-state index contributed by atoms with van der Waals surface area (Å²) in [4.78, 5) is 12.4. The Balaban J connectivity index is 1.69. The fourth-order valence-electron chi connectivity index (χ4n) is 3.56. The van der Waals surface area contributed by atoms with Gasteiger partial charge in [-0.2, -0.15) is 0 Å². The highest BCUT2D eigenvalue weighted by Gasteiger charge is 2.33. The van der Waals surface area contributed by atoms with Crippen molar-refractivity contribution in [2.24, 2.45) is 5.92 Å². The SMILES string of the molecule is O=C(N[C@H]1c2ccccc2C[C@H]1O)C1CCCCCC1. The van der Waals surface area contributed by atoms with Gasteiger partial charge in [-0.15, -0.1) is 0 Å². The molecule has 1 fully saturated rings. The summed E-state index contributed by atoms with van der Waals surface area (Å²) in [6.07, 6.45) is 6.96. The lowest BCUT2D eigenvalue weighted by Crippen LogP contribution is -2.37. The van der Waals surface area contributed by atoms with E-state index in [2.05, 4.69) is 5.32 Å². The number of hydrogen-bond donors (Lipinski definition) is 2. The lowest BCUT2D eigenvalue weighted by molar-refractivity contribution is -0.127. The Hall–Kier alpha value is -1.35. The zero-order valence-electron chi connectivity index (χ0n) is 11.8. The number of amides is 1. The topological polar surface area (TPSA) is 49.3 Å². The second kappa shape index (κ2) is 5.96. The van der Waals surface area contributed by atoms with Crippen LogP contribution in [0.3, 0.4) is 0 Å². The predicted molar refractivity (Wildman–Crippen MR) is 78.2 cm³/mol. The Morgan fingerprint density at radius 3 is 2.55 bits per heavy atom. The number of carbonyl (C=O) groups is 1. The number of carbonyl (C=O) groups excluding carboxylic acids is 1. The maximum atomic E-state index is 12.4.